The monoisotopic (exact) mass is 330 g/mol. The number of fused-ring (bicyclic) bond motifs is 4. The second-order valence-corrected chi connectivity index (χ2v) is 9.14. The Hall–Kier alpha value is -0.640. The van der Waals surface area contributed by atoms with Crippen LogP contribution < -0.4 is 0 Å². The van der Waals surface area contributed by atoms with Crippen molar-refractivity contribution in [2.45, 2.75) is 70.7 Å². The van der Waals surface area contributed by atoms with Crippen LogP contribution in [0.4, 0.5) is 0 Å². The summed E-state index contributed by atoms with van der Waals surface area (Å²) in [5.41, 5.74) is 4.97. The Bertz CT molecular complexity index is 613. The van der Waals surface area contributed by atoms with Crippen molar-refractivity contribution in [3.8, 4) is 0 Å². The highest BCUT2D eigenvalue weighted by atomic mass is 16.7. The van der Waals surface area contributed by atoms with E-state index in [0.29, 0.717) is 17.8 Å². The number of hydrogen-bond acceptors (Lipinski definition) is 3. The SMILES string of the molecule is CC1CC2=C(CCC3(C2)OCCO3)C2=CC[C@]3(C)C(O)CC[C@H]3[C@@H]21. The van der Waals surface area contributed by atoms with Crippen molar-refractivity contribution in [1.82, 2.24) is 0 Å². The third kappa shape index (κ3) is 2.01. The standard InChI is InChI=1S/C21H30O3/c1-13-11-14-12-21(23-9-10-24-21)8-6-15(14)16-5-7-20(2)17(19(13)16)3-4-18(20)22/h5,13,17-19,22H,3-4,6-12H2,1-2H3/t13?,17-,18?,19+,20-/m0/s1. The van der Waals surface area contributed by atoms with Crippen LogP contribution in [0.15, 0.2) is 22.8 Å². The van der Waals surface area contributed by atoms with E-state index >= 15 is 0 Å². The second-order valence-electron chi connectivity index (χ2n) is 9.14. The van der Waals surface area contributed by atoms with Gasteiger partial charge >= 0.3 is 0 Å². The van der Waals surface area contributed by atoms with Crippen LogP contribution in [-0.4, -0.2) is 30.2 Å². The maximum atomic E-state index is 10.6. The van der Waals surface area contributed by atoms with Crippen LogP contribution in [0.1, 0.15) is 58.8 Å². The van der Waals surface area contributed by atoms with Crippen LogP contribution in [0.25, 0.3) is 0 Å². The van der Waals surface area contributed by atoms with Crippen LogP contribution >= 0.6 is 0 Å². The summed E-state index contributed by atoms with van der Waals surface area (Å²) in [5.74, 6) is 1.67. The highest BCUT2D eigenvalue weighted by Gasteiger charge is 2.54. The minimum Gasteiger partial charge on any atom is -0.393 e. The molecule has 0 radical (unpaired) electrons. The van der Waals surface area contributed by atoms with Crippen LogP contribution in [-0.2, 0) is 9.47 Å². The summed E-state index contributed by atoms with van der Waals surface area (Å²) in [7, 11) is 0. The molecule has 1 N–H and O–H groups in total. The molecule has 1 saturated carbocycles. The van der Waals surface area contributed by atoms with Gasteiger partial charge in [0.15, 0.2) is 5.79 Å². The van der Waals surface area contributed by atoms with E-state index in [9.17, 15) is 5.11 Å². The molecule has 1 heterocycles. The lowest BCUT2D eigenvalue weighted by atomic mass is 9.55. The van der Waals surface area contributed by atoms with Gasteiger partial charge in [-0.3, -0.25) is 0 Å². The van der Waals surface area contributed by atoms with Crippen LogP contribution in [0.2, 0.25) is 0 Å². The van der Waals surface area contributed by atoms with Crippen molar-refractivity contribution in [1.29, 1.82) is 0 Å². The van der Waals surface area contributed by atoms with E-state index in [1.165, 1.54) is 12.8 Å². The van der Waals surface area contributed by atoms with E-state index in [1.807, 2.05) is 0 Å². The van der Waals surface area contributed by atoms with Gasteiger partial charge in [0.25, 0.3) is 0 Å². The van der Waals surface area contributed by atoms with Crippen molar-refractivity contribution in [3.63, 3.8) is 0 Å². The van der Waals surface area contributed by atoms with Crippen LogP contribution in [0, 0.1) is 23.2 Å². The largest absolute Gasteiger partial charge is 0.393 e. The molecule has 2 unspecified atom stereocenters. The van der Waals surface area contributed by atoms with Gasteiger partial charge in [0.2, 0.25) is 0 Å². The van der Waals surface area contributed by atoms with E-state index < -0.39 is 0 Å². The van der Waals surface area contributed by atoms with Crippen molar-refractivity contribution in [2.24, 2.45) is 23.2 Å². The van der Waals surface area contributed by atoms with E-state index in [4.69, 9.17) is 9.47 Å². The summed E-state index contributed by atoms with van der Waals surface area (Å²) in [5, 5.41) is 10.6. The van der Waals surface area contributed by atoms with Gasteiger partial charge in [0.1, 0.15) is 0 Å². The number of rotatable bonds is 0. The summed E-state index contributed by atoms with van der Waals surface area (Å²) >= 11 is 0. The summed E-state index contributed by atoms with van der Waals surface area (Å²) < 4.78 is 12.0. The lowest BCUT2D eigenvalue weighted by Crippen LogP contribution is -2.44. The zero-order chi connectivity index (χ0) is 16.5. The molecule has 132 valence electrons. The predicted molar refractivity (Wildman–Crippen MR) is 92.3 cm³/mol. The molecule has 0 bridgehead atoms. The number of aliphatic hydroxyl groups is 1. The molecule has 1 saturated heterocycles. The normalized spacial score (nSPS) is 46.5. The van der Waals surface area contributed by atoms with Gasteiger partial charge in [-0.25, -0.2) is 0 Å². The van der Waals surface area contributed by atoms with Crippen LogP contribution in [0.3, 0.4) is 0 Å². The maximum Gasteiger partial charge on any atom is 0.172 e. The Morgan fingerprint density at radius 3 is 2.79 bits per heavy atom. The summed E-state index contributed by atoms with van der Waals surface area (Å²) in [6.07, 6.45) is 9.89. The van der Waals surface area contributed by atoms with Gasteiger partial charge in [-0.1, -0.05) is 25.5 Å². The number of allylic oxidation sites excluding steroid dienone is 3. The van der Waals surface area contributed by atoms with E-state index in [-0.39, 0.29) is 17.3 Å². The van der Waals surface area contributed by atoms with Gasteiger partial charge in [0.05, 0.1) is 19.3 Å². The molecule has 1 spiro atoms. The smallest absolute Gasteiger partial charge is 0.172 e. The van der Waals surface area contributed by atoms with Gasteiger partial charge in [-0.05, 0) is 61.0 Å². The first-order valence-corrected chi connectivity index (χ1v) is 9.90. The minimum absolute atomic E-state index is 0.105. The molecular weight excluding hydrogens is 300 g/mol. The molecule has 0 amide bonds. The van der Waals surface area contributed by atoms with Crippen molar-refractivity contribution < 1.29 is 14.6 Å². The first kappa shape index (κ1) is 15.6. The highest BCUT2D eigenvalue weighted by molar-refractivity contribution is 5.45. The molecule has 5 rings (SSSR count). The highest BCUT2D eigenvalue weighted by Crippen LogP contribution is 2.61. The Morgan fingerprint density at radius 1 is 1.21 bits per heavy atom. The summed E-state index contributed by atoms with van der Waals surface area (Å²) in [6, 6.07) is 0. The fourth-order valence-corrected chi connectivity index (χ4v) is 6.65. The van der Waals surface area contributed by atoms with E-state index in [1.54, 1.807) is 16.7 Å². The molecule has 0 aromatic rings. The van der Waals surface area contributed by atoms with Gasteiger partial charge in [0, 0.05) is 18.3 Å². The maximum absolute atomic E-state index is 10.6. The van der Waals surface area contributed by atoms with E-state index in [2.05, 4.69) is 19.9 Å². The molecule has 1 aliphatic heterocycles. The lowest BCUT2D eigenvalue weighted by molar-refractivity contribution is -0.164. The summed E-state index contributed by atoms with van der Waals surface area (Å²) in [4.78, 5) is 0. The Balaban J connectivity index is 1.52. The van der Waals surface area contributed by atoms with Crippen molar-refractivity contribution in [3.05, 3.63) is 22.8 Å². The lowest BCUT2D eigenvalue weighted by Gasteiger charge is -2.50. The molecule has 3 nitrogen and oxygen atoms in total. The Labute approximate surface area is 145 Å². The Morgan fingerprint density at radius 2 is 2.00 bits per heavy atom. The number of ether oxygens (including phenoxy) is 2. The van der Waals surface area contributed by atoms with Crippen molar-refractivity contribution in [2.75, 3.05) is 13.2 Å². The topological polar surface area (TPSA) is 38.7 Å². The second kappa shape index (κ2) is 5.18. The molecular formula is C21H30O3. The third-order valence-corrected chi connectivity index (χ3v) is 7.92. The molecule has 24 heavy (non-hydrogen) atoms. The molecule has 4 aliphatic carbocycles. The molecule has 3 heteroatoms. The van der Waals surface area contributed by atoms with Gasteiger partial charge in [-0.15, -0.1) is 0 Å². The van der Waals surface area contributed by atoms with E-state index in [0.717, 1.165) is 45.3 Å². The molecule has 5 aliphatic rings. The molecule has 5 atom stereocenters. The average Bonchev–Trinajstić information content (AvgIpc) is 3.12. The number of hydrogen-bond donors (Lipinski definition) is 1. The van der Waals surface area contributed by atoms with Gasteiger partial charge in [-0.2, -0.15) is 0 Å². The number of aliphatic hydroxyl groups excluding tert-OH is 1. The van der Waals surface area contributed by atoms with Crippen LogP contribution in [0.5, 0.6) is 0 Å². The summed E-state index contributed by atoms with van der Waals surface area (Å²) in [6.45, 7) is 6.26. The molecule has 2 fully saturated rings. The van der Waals surface area contributed by atoms with Crippen molar-refractivity contribution >= 4 is 0 Å². The molecule has 0 aromatic heterocycles. The van der Waals surface area contributed by atoms with Gasteiger partial charge < -0.3 is 14.6 Å². The fourth-order valence-electron chi connectivity index (χ4n) is 6.65. The zero-order valence-electron chi connectivity index (χ0n) is 15.0. The third-order valence-electron chi connectivity index (χ3n) is 7.92. The average molecular weight is 330 g/mol. The quantitative estimate of drug-likeness (QED) is 0.730. The fraction of sp³-hybridized carbons (Fsp3) is 0.810. The zero-order valence-corrected chi connectivity index (χ0v) is 15.0. The first-order valence-electron chi connectivity index (χ1n) is 9.90. The predicted octanol–water partition coefficient (Wildman–Crippen LogP) is 3.97. The first-order chi connectivity index (χ1) is 11.5. The molecule has 0 aromatic carbocycles. The Kier molecular flexibility index (Phi) is 3.37. The minimum atomic E-state index is -0.307.